The summed E-state index contributed by atoms with van der Waals surface area (Å²) in [7, 11) is 0. The maximum atomic E-state index is 11.2. The first-order chi connectivity index (χ1) is 16.5. The van der Waals surface area contributed by atoms with Crippen LogP contribution in [0.3, 0.4) is 0 Å². The van der Waals surface area contributed by atoms with E-state index in [2.05, 4.69) is 42.5 Å². The van der Waals surface area contributed by atoms with Gasteiger partial charge in [-0.05, 0) is 42.0 Å². The van der Waals surface area contributed by atoms with Crippen LogP contribution >= 0.6 is 0 Å². The van der Waals surface area contributed by atoms with Gasteiger partial charge in [-0.3, -0.25) is 9.69 Å². The van der Waals surface area contributed by atoms with Gasteiger partial charge in [-0.25, -0.2) is 0 Å². The molecule has 1 fully saturated rings. The Balaban J connectivity index is 1.20. The predicted octanol–water partition coefficient (Wildman–Crippen LogP) is 2.81. The van der Waals surface area contributed by atoms with Crippen molar-refractivity contribution in [2.75, 3.05) is 54.2 Å². The van der Waals surface area contributed by atoms with Crippen LogP contribution in [0.4, 0.5) is 29.0 Å². The summed E-state index contributed by atoms with van der Waals surface area (Å²) < 4.78 is 10.9. The number of carbonyl (C=O) groups is 1. The molecule has 0 atom stereocenters. The van der Waals surface area contributed by atoms with Crippen LogP contribution in [0.5, 0.6) is 11.5 Å². The molecular weight excluding hydrogens is 434 g/mol. The van der Waals surface area contributed by atoms with Gasteiger partial charge in [0, 0.05) is 57.1 Å². The first-order valence-corrected chi connectivity index (χ1v) is 11.2. The standard InChI is InChI=1S/C24H27N7O3/c1-16(32)26-18-3-5-19(6-4-18)27-22-13-23(29-24(25)28-22)31-10-8-30(9-11-31)14-17-2-7-20-21(12-17)34-15-33-20/h2-7,12-13H,8-11,14-15H2,1H3,(H,26,32)(H3,25,27,28,29). The van der Waals surface area contributed by atoms with Gasteiger partial charge in [-0.2, -0.15) is 9.97 Å². The molecule has 4 N–H and O–H groups in total. The highest BCUT2D eigenvalue weighted by molar-refractivity contribution is 5.88. The zero-order valence-corrected chi connectivity index (χ0v) is 19.0. The summed E-state index contributed by atoms with van der Waals surface area (Å²) in [6.45, 7) is 6.13. The van der Waals surface area contributed by atoms with Crippen LogP contribution in [-0.2, 0) is 11.3 Å². The van der Waals surface area contributed by atoms with E-state index in [1.54, 1.807) is 0 Å². The lowest BCUT2D eigenvalue weighted by Crippen LogP contribution is -2.46. The summed E-state index contributed by atoms with van der Waals surface area (Å²) in [4.78, 5) is 24.6. The van der Waals surface area contributed by atoms with Gasteiger partial charge in [0.15, 0.2) is 11.5 Å². The molecule has 0 spiro atoms. The highest BCUT2D eigenvalue weighted by atomic mass is 16.7. The van der Waals surface area contributed by atoms with Crippen molar-refractivity contribution in [3.8, 4) is 11.5 Å². The van der Waals surface area contributed by atoms with Crippen LogP contribution in [0.2, 0.25) is 0 Å². The molecule has 3 heterocycles. The molecular formula is C24H27N7O3. The van der Waals surface area contributed by atoms with E-state index in [9.17, 15) is 4.79 Å². The van der Waals surface area contributed by atoms with Crippen molar-refractivity contribution in [1.29, 1.82) is 0 Å². The highest BCUT2D eigenvalue weighted by Gasteiger charge is 2.20. The molecule has 1 amide bonds. The van der Waals surface area contributed by atoms with Gasteiger partial charge in [-0.1, -0.05) is 6.07 Å². The Kier molecular flexibility index (Phi) is 6.05. The average molecular weight is 462 g/mol. The molecule has 2 aliphatic rings. The monoisotopic (exact) mass is 461 g/mol. The molecule has 3 aromatic rings. The quantitative estimate of drug-likeness (QED) is 0.509. The first kappa shape index (κ1) is 21.8. The van der Waals surface area contributed by atoms with E-state index >= 15 is 0 Å². The normalized spacial score (nSPS) is 15.3. The fraction of sp³-hybridized carbons (Fsp3) is 0.292. The Morgan fingerprint density at radius 3 is 2.47 bits per heavy atom. The molecule has 176 valence electrons. The third-order valence-corrected chi connectivity index (χ3v) is 5.75. The minimum Gasteiger partial charge on any atom is -0.454 e. The molecule has 0 saturated carbocycles. The van der Waals surface area contributed by atoms with E-state index in [0.29, 0.717) is 12.6 Å². The fourth-order valence-corrected chi connectivity index (χ4v) is 4.10. The van der Waals surface area contributed by atoms with E-state index in [0.717, 1.165) is 61.4 Å². The summed E-state index contributed by atoms with van der Waals surface area (Å²) in [5.41, 5.74) is 8.79. The van der Waals surface area contributed by atoms with Crippen molar-refractivity contribution in [3.05, 3.63) is 54.1 Å². The summed E-state index contributed by atoms with van der Waals surface area (Å²) in [5.74, 6) is 3.16. The minimum atomic E-state index is -0.107. The number of rotatable bonds is 6. The van der Waals surface area contributed by atoms with Crippen molar-refractivity contribution in [2.45, 2.75) is 13.5 Å². The minimum absolute atomic E-state index is 0.107. The number of nitrogens with two attached hydrogens (primary N) is 1. The van der Waals surface area contributed by atoms with Crippen molar-refractivity contribution in [2.24, 2.45) is 0 Å². The number of nitrogens with zero attached hydrogens (tertiary/aromatic N) is 4. The summed E-state index contributed by atoms with van der Waals surface area (Å²) in [6.07, 6.45) is 0. The van der Waals surface area contributed by atoms with Gasteiger partial charge in [0.2, 0.25) is 18.6 Å². The zero-order valence-electron chi connectivity index (χ0n) is 19.0. The molecule has 34 heavy (non-hydrogen) atoms. The highest BCUT2D eigenvalue weighted by Crippen LogP contribution is 2.33. The lowest BCUT2D eigenvalue weighted by atomic mass is 10.1. The topological polar surface area (TPSA) is 118 Å². The SMILES string of the molecule is CC(=O)Nc1ccc(Nc2cc(N3CCN(Cc4ccc5c(c4)OCO5)CC3)nc(N)n2)cc1. The summed E-state index contributed by atoms with van der Waals surface area (Å²) in [6, 6.07) is 15.4. The number of hydrogen-bond donors (Lipinski definition) is 3. The Hall–Kier alpha value is -4.05. The number of benzene rings is 2. The molecule has 2 aliphatic heterocycles. The van der Waals surface area contributed by atoms with Gasteiger partial charge in [0.25, 0.3) is 0 Å². The smallest absolute Gasteiger partial charge is 0.231 e. The Morgan fingerprint density at radius 2 is 1.71 bits per heavy atom. The number of fused-ring (bicyclic) bond motifs is 1. The molecule has 10 heteroatoms. The van der Waals surface area contributed by atoms with E-state index in [-0.39, 0.29) is 11.9 Å². The van der Waals surface area contributed by atoms with E-state index in [1.807, 2.05) is 36.4 Å². The Labute approximate surface area is 197 Å². The van der Waals surface area contributed by atoms with Crippen LogP contribution in [0.1, 0.15) is 12.5 Å². The van der Waals surface area contributed by atoms with Crippen molar-refractivity contribution < 1.29 is 14.3 Å². The Bertz CT molecular complexity index is 1180. The van der Waals surface area contributed by atoms with Crippen LogP contribution in [-0.4, -0.2) is 53.7 Å². The van der Waals surface area contributed by atoms with Gasteiger partial charge in [-0.15, -0.1) is 0 Å². The summed E-state index contributed by atoms with van der Waals surface area (Å²) >= 11 is 0. The number of anilines is 5. The number of piperazine rings is 1. The first-order valence-electron chi connectivity index (χ1n) is 11.2. The molecule has 0 radical (unpaired) electrons. The van der Waals surface area contributed by atoms with Crippen molar-refractivity contribution >= 4 is 34.9 Å². The summed E-state index contributed by atoms with van der Waals surface area (Å²) in [5, 5.41) is 6.02. The average Bonchev–Trinajstić information content (AvgIpc) is 3.28. The number of nitrogen functional groups attached to an aromatic ring is 1. The fourth-order valence-electron chi connectivity index (χ4n) is 4.10. The van der Waals surface area contributed by atoms with Gasteiger partial charge in [0.05, 0.1) is 0 Å². The number of hydrogen-bond acceptors (Lipinski definition) is 9. The molecule has 1 saturated heterocycles. The van der Waals surface area contributed by atoms with Gasteiger partial charge >= 0.3 is 0 Å². The van der Waals surface area contributed by atoms with Crippen LogP contribution in [0.15, 0.2) is 48.5 Å². The number of amides is 1. The molecule has 0 aliphatic carbocycles. The molecule has 0 unspecified atom stereocenters. The van der Waals surface area contributed by atoms with E-state index < -0.39 is 0 Å². The Morgan fingerprint density at radius 1 is 0.971 bits per heavy atom. The van der Waals surface area contributed by atoms with Crippen LogP contribution in [0.25, 0.3) is 0 Å². The van der Waals surface area contributed by atoms with Crippen molar-refractivity contribution in [3.63, 3.8) is 0 Å². The molecule has 10 nitrogen and oxygen atoms in total. The van der Waals surface area contributed by atoms with Crippen molar-refractivity contribution in [1.82, 2.24) is 14.9 Å². The number of carbonyl (C=O) groups excluding carboxylic acids is 1. The molecule has 1 aromatic heterocycles. The number of aromatic nitrogens is 2. The third-order valence-electron chi connectivity index (χ3n) is 5.75. The molecule has 2 aromatic carbocycles. The predicted molar refractivity (Wildman–Crippen MR) is 131 cm³/mol. The largest absolute Gasteiger partial charge is 0.454 e. The van der Waals surface area contributed by atoms with Crippen LogP contribution in [0, 0.1) is 0 Å². The lowest BCUT2D eigenvalue weighted by molar-refractivity contribution is -0.114. The van der Waals surface area contributed by atoms with E-state index in [1.165, 1.54) is 12.5 Å². The van der Waals surface area contributed by atoms with E-state index in [4.69, 9.17) is 15.2 Å². The second-order valence-electron chi connectivity index (χ2n) is 8.30. The van der Waals surface area contributed by atoms with Gasteiger partial charge in [0.1, 0.15) is 11.6 Å². The van der Waals surface area contributed by atoms with Crippen LogP contribution < -0.4 is 30.7 Å². The van der Waals surface area contributed by atoms with Gasteiger partial charge < -0.3 is 30.7 Å². The second kappa shape index (κ2) is 9.44. The maximum absolute atomic E-state index is 11.2. The zero-order chi connectivity index (χ0) is 23.5. The third kappa shape index (κ3) is 5.12. The second-order valence-corrected chi connectivity index (χ2v) is 8.30. The number of nitrogens with one attached hydrogen (secondary N) is 2. The molecule has 5 rings (SSSR count). The number of ether oxygens (including phenoxy) is 2. The lowest BCUT2D eigenvalue weighted by Gasteiger charge is -2.35. The maximum Gasteiger partial charge on any atom is 0.231 e. The molecule has 0 bridgehead atoms.